The van der Waals surface area contributed by atoms with Crippen LogP contribution in [0.1, 0.15) is 24.0 Å². The Balaban J connectivity index is 0.00000112. The van der Waals surface area contributed by atoms with Crippen LogP contribution in [0.3, 0.4) is 0 Å². The fourth-order valence-corrected chi connectivity index (χ4v) is 2.04. The fraction of sp³-hybridized carbons (Fsp3) is 0.500. The summed E-state index contributed by atoms with van der Waals surface area (Å²) in [7, 11) is 0. The standard InChI is InChI=1S/C12H16FN.ClH/c1-10-3-2-4-11(9-10)12(13)5-7-14-8-6-12;/h2-4,9,14H,5-8H2,1H3;1H. The number of benzene rings is 1. The van der Waals surface area contributed by atoms with E-state index in [1.54, 1.807) is 0 Å². The van der Waals surface area contributed by atoms with E-state index in [9.17, 15) is 4.39 Å². The first-order valence-electron chi connectivity index (χ1n) is 5.17. The summed E-state index contributed by atoms with van der Waals surface area (Å²) in [5.41, 5.74) is 0.883. The molecule has 0 amide bonds. The van der Waals surface area contributed by atoms with Gasteiger partial charge in [0.1, 0.15) is 5.67 Å². The minimum atomic E-state index is -1.10. The molecular weight excluding hydrogens is 213 g/mol. The van der Waals surface area contributed by atoms with Crippen molar-refractivity contribution in [3.05, 3.63) is 35.4 Å². The molecule has 0 aromatic heterocycles. The molecule has 0 atom stereocenters. The second-order valence-electron chi connectivity index (χ2n) is 4.08. The minimum absolute atomic E-state index is 0. The van der Waals surface area contributed by atoms with E-state index < -0.39 is 5.67 Å². The van der Waals surface area contributed by atoms with E-state index in [1.807, 2.05) is 31.2 Å². The van der Waals surface area contributed by atoms with Crippen LogP contribution in [0.25, 0.3) is 0 Å². The van der Waals surface area contributed by atoms with Gasteiger partial charge in [-0.05, 0) is 38.4 Å². The molecule has 0 spiro atoms. The second-order valence-corrected chi connectivity index (χ2v) is 4.08. The van der Waals surface area contributed by atoms with Crippen molar-refractivity contribution in [2.45, 2.75) is 25.4 Å². The summed E-state index contributed by atoms with van der Waals surface area (Å²) >= 11 is 0. The Morgan fingerprint density at radius 1 is 1.27 bits per heavy atom. The molecule has 0 saturated carbocycles. The lowest BCUT2D eigenvalue weighted by Crippen LogP contribution is -2.36. The van der Waals surface area contributed by atoms with Crippen LogP contribution in [-0.4, -0.2) is 13.1 Å². The van der Waals surface area contributed by atoms with Crippen LogP contribution in [0.4, 0.5) is 4.39 Å². The van der Waals surface area contributed by atoms with Gasteiger partial charge >= 0.3 is 0 Å². The molecule has 1 aliphatic heterocycles. The van der Waals surface area contributed by atoms with Crippen LogP contribution in [0.5, 0.6) is 0 Å². The molecule has 0 aliphatic carbocycles. The van der Waals surface area contributed by atoms with E-state index in [0.29, 0.717) is 12.8 Å². The molecule has 0 unspecified atom stereocenters. The van der Waals surface area contributed by atoms with Gasteiger partial charge in [0, 0.05) is 0 Å². The first-order chi connectivity index (χ1) is 6.71. The molecule has 1 heterocycles. The SMILES string of the molecule is Cc1cccc(C2(F)CCNCC2)c1.Cl. The predicted octanol–water partition coefficient (Wildman–Crippen LogP) is 2.97. The van der Waals surface area contributed by atoms with Crippen molar-refractivity contribution in [3.8, 4) is 0 Å². The molecule has 1 N–H and O–H groups in total. The minimum Gasteiger partial charge on any atom is -0.316 e. The van der Waals surface area contributed by atoms with Crippen LogP contribution < -0.4 is 5.32 Å². The zero-order chi connectivity index (χ0) is 10.0. The van der Waals surface area contributed by atoms with Crippen LogP contribution in [0, 0.1) is 6.92 Å². The summed E-state index contributed by atoms with van der Waals surface area (Å²) in [5, 5.41) is 3.18. The Hall–Kier alpha value is -0.600. The summed E-state index contributed by atoms with van der Waals surface area (Å²) in [6.07, 6.45) is 1.19. The lowest BCUT2D eigenvalue weighted by Gasteiger charge is -2.30. The smallest absolute Gasteiger partial charge is 0.138 e. The summed E-state index contributed by atoms with van der Waals surface area (Å²) in [6.45, 7) is 3.57. The zero-order valence-corrected chi connectivity index (χ0v) is 9.74. The molecule has 1 nitrogen and oxygen atoms in total. The topological polar surface area (TPSA) is 12.0 Å². The molecule has 1 fully saturated rings. The maximum Gasteiger partial charge on any atom is 0.138 e. The summed E-state index contributed by atoms with van der Waals surface area (Å²) < 4.78 is 14.4. The van der Waals surface area contributed by atoms with E-state index in [2.05, 4.69) is 5.32 Å². The highest BCUT2D eigenvalue weighted by Crippen LogP contribution is 2.34. The average Bonchev–Trinajstić information content (AvgIpc) is 2.19. The fourth-order valence-electron chi connectivity index (χ4n) is 2.04. The summed E-state index contributed by atoms with van der Waals surface area (Å²) in [5.74, 6) is 0. The predicted molar refractivity (Wildman–Crippen MR) is 63.3 cm³/mol. The lowest BCUT2D eigenvalue weighted by molar-refractivity contribution is 0.115. The molecule has 84 valence electrons. The first-order valence-corrected chi connectivity index (χ1v) is 5.17. The molecule has 0 radical (unpaired) electrons. The number of nitrogens with one attached hydrogen (secondary N) is 1. The van der Waals surface area contributed by atoms with Crippen LogP contribution in [0.15, 0.2) is 24.3 Å². The number of hydrogen-bond donors (Lipinski definition) is 1. The van der Waals surface area contributed by atoms with Gasteiger partial charge in [-0.1, -0.05) is 29.8 Å². The second kappa shape index (κ2) is 4.95. The van der Waals surface area contributed by atoms with Gasteiger partial charge < -0.3 is 5.32 Å². The third kappa shape index (κ3) is 2.70. The van der Waals surface area contributed by atoms with Gasteiger partial charge in [0.15, 0.2) is 0 Å². The van der Waals surface area contributed by atoms with Crippen LogP contribution in [0.2, 0.25) is 0 Å². The molecule has 1 saturated heterocycles. The molecule has 1 aliphatic rings. The van der Waals surface area contributed by atoms with E-state index in [0.717, 1.165) is 24.2 Å². The van der Waals surface area contributed by atoms with Gasteiger partial charge in [0.2, 0.25) is 0 Å². The average molecular weight is 230 g/mol. The molecule has 1 aromatic carbocycles. The monoisotopic (exact) mass is 229 g/mol. The van der Waals surface area contributed by atoms with Gasteiger partial charge in [0.05, 0.1) is 0 Å². The van der Waals surface area contributed by atoms with Gasteiger partial charge in [-0.3, -0.25) is 0 Å². The van der Waals surface area contributed by atoms with Crippen molar-refractivity contribution < 1.29 is 4.39 Å². The highest BCUT2D eigenvalue weighted by molar-refractivity contribution is 5.85. The number of rotatable bonds is 1. The van der Waals surface area contributed by atoms with E-state index in [-0.39, 0.29) is 12.4 Å². The number of halogens is 2. The van der Waals surface area contributed by atoms with Gasteiger partial charge in [0.25, 0.3) is 0 Å². The third-order valence-electron chi connectivity index (χ3n) is 2.93. The van der Waals surface area contributed by atoms with Gasteiger partial charge in [-0.2, -0.15) is 0 Å². The van der Waals surface area contributed by atoms with Crippen molar-refractivity contribution in [2.24, 2.45) is 0 Å². The molecule has 1 aromatic rings. The van der Waals surface area contributed by atoms with Crippen LogP contribution >= 0.6 is 12.4 Å². The van der Waals surface area contributed by atoms with Gasteiger partial charge in [-0.15, -0.1) is 12.4 Å². The highest BCUT2D eigenvalue weighted by atomic mass is 35.5. The quantitative estimate of drug-likeness (QED) is 0.781. The molecular formula is C12H17ClFN. The number of aryl methyl sites for hydroxylation is 1. The Kier molecular flexibility index (Phi) is 4.12. The summed E-state index contributed by atoms with van der Waals surface area (Å²) in [4.78, 5) is 0. The van der Waals surface area contributed by atoms with E-state index in [4.69, 9.17) is 0 Å². The largest absolute Gasteiger partial charge is 0.316 e. The first kappa shape index (κ1) is 12.5. The number of piperidine rings is 1. The van der Waals surface area contributed by atoms with Crippen molar-refractivity contribution in [1.29, 1.82) is 0 Å². The normalized spacial score (nSPS) is 19.3. The van der Waals surface area contributed by atoms with Crippen molar-refractivity contribution in [2.75, 3.05) is 13.1 Å². The summed E-state index contributed by atoms with van der Waals surface area (Å²) in [6, 6.07) is 7.81. The van der Waals surface area contributed by atoms with E-state index in [1.165, 1.54) is 0 Å². The van der Waals surface area contributed by atoms with Gasteiger partial charge in [-0.25, -0.2) is 4.39 Å². The number of alkyl halides is 1. The Morgan fingerprint density at radius 3 is 2.53 bits per heavy atom. The van der Waals surface area contributed by atoms with Crippen molar-refractivity contribution in [3.63, 3.8) is 0 Å². The number of hydrogen-bond acceptors (Lipinski definition) is 1. The maximum atomic E-state index is 14.4. The lowest BCUT2D eigenvalue weighted by atomic mass is 9.86. The van der Waals surface area contributed by atoms with E-state index >= 15 is 0 Å². The van der Waals surface area contributed by atoms with Crippen LogP contribution in [-0.2, 0) is 5.67 Å². The highest BCUT2D eigenvalue weighted by Gasteiger charge is 2.33. The molecule has 0 bridgehead atoms. The Morgan fingerprint density at radius 2 is 1.93 bits per heavy atom. The molecule has 2 rings (SSSR count). The zero-order valence-electron chi connectivity index (χ0n) is 8.92. The van der Waals surface area contributed by atoms with Crippen molar-refractivity contribution in [1.82, 2.24) is 5.32 Å². The molecule has 3 heteroatoms. The maximum absolute atomic E-state index is 14.4. The van der Waals surface area contributed by atoms with Crippen molar-refractivity contribution >= 4 is 12.4 Å². The Bertz CT molecular complexity index is 321. The Labute approximate surface area is 96.5 Å². The third-order valence-corrected chi connectivity index (χ3v) is 2.93. The molecule has 15 heavy (non-hydrogen) atoms.